The van der Waals surface area contributed by atoms with Crippen LogP contribution in [-0.4, -0.2) is 11.5 Å². The number of nitrogens with zero attached hydrogens (tertiary/aromatic N) is 1. The largest absolute Gasteiger partial charge is 0.309 e. The van der Waals surface area contributed by atoms with Crippen molar-refractivity contribution >= 4 is 27.3 Å². The molecule has 4 heteroatoms. The molecule has 0 aliphatic heterocycles. The van der Waals surface area contributed by atoms with Gasteiger partial charge >= 0.3 is 0 Å². The Labute approximate surface area is 139 Å². The molecule has 0 amide bonds. The van der Waals surface area contributed by atoms with Crippen molar-refractivity contribution in [2.24, 2.45) is 5.41 Å². The molecule has 1 unspecified atom stereocenters. The van der Waals surface area contributed by atoms with Crippen molar-refractivity contribution in [3.05, 3.63) is 39.3 Å². The van der Waals surface area contributed by atoms with Crippen LogP contribution in [0.1, 0.15) is 43.8 Å². The summed E-state index contributed by atoms with van der Waals surface area (Å²) in [7, 11) is 0. The number of hydrogen-bond donors (Lipinski definition) is 1. The van der Waals surface area contributed by atoms with Crippen LogP contribution in [0.2, 0.25) is 0 Å². The van der Waals surface area contributed by atoms with E-state index < -0.39 is 0 Å². The Bertz CT molecular complexity index is 648. The van der Waals surface area contributed by atoms with Crippen molar-refractivity contribution in [3.8, 4) is 10.6 Å². The summed E-state index contributed by atoms with van der Waals surface area (Å²) in [5, 5.41) is 4.77. The van der Waals surface area contributed by atoms with Crippen LogP contribution in [-0.2, 0) is 6.42 Å². The summed E-state index contributed by atoms with van der Waals surface area (Å²) < 4.78 is 1.12. The standard InChI is InChI=1S/C17H21BrN2S/c1-4-19-13-9-17(2,3)10-14-15(13)21-16(20-14)11-7-5-6-8-12(11)18/h5-8,13,19H,4,9-10H2,1-3H3. The molecule has 0 spiro atoms. The van der Waals surface area contributed by atoms with Crippen LogP contribution in [0.4, 0.5) is 0 Å². The average Bonchev–Trinajstić information content (AvgIpc) is 2.81. The molecule has 1 aromatic heterocycles. The second kappa shape index (κ2) is 5.82. The Kier molecular flexibility index (Phi) is 4.21. The smallest absolute Gasteiger partial charge is 0.125 e. The minimum atomic E-state index is 0.319. The van der Waals surface area contributed by atoms with Crippen LogP contribution in [0, 0.1) is 5.41 Å². The molecule has 0 fully saturated rings. The molecular formula is C17H21BrN2S. The zero-order chi connectivity index (χ0) is 15.0. The summed E-state index contributed by atoms with van der Waals surface area (Å²) >= 11 is 5.49. The number of thiazole rings is 1. The molecule has 1 aliphatic rings. The zero-order valence-corrected chi connectivity index (χ0v) is 15.1. The molecule has 1 aromatic carbocycles. The third-order valence-corrected chi connectivity index (χ3v) is 5.94. The Hall–Kier alpha value is -0.710. The SMILES string of the molecule is CCNC1CC(C)(C)Cc2nc(-c3ccccc3Br)sc21. The van der Waals surface area contributed by atoms with E-state index in [4.69, 9.17) is 4.98 Å². The van der Waals surface area contributed by atoms with Gasteiger partial charge in [0, 0.05) is 21.0 Å². The Morgan fingerprint density at radius 2 is 2.14 bits per heavy atom. The molecular weight excluding hydrogens is 344 g/mol. The number of halogens is 1. The second-order valence-corrected chi connectivity index (χ2v) is 8.35. The van der Waals surface area contributed by atoms with E-state index in [9.17, 15) is 0 Å². The van der Waals surface area contributed by atoms with Crippen LogP contribution in [0.15, 0.2) is 28.7 Å². The fraction of sp³-hybridized carbons (Fsp3) is 0.471. The maximum absolute atomic E-state index is 4.96. The van der Waals surface area contributed by atoms with Gasteiger partial charge in [-0.05, 0) is 30.9 Å². The number of hydrogen-bond acceptors (Lipinski definition) is 3. The lowest BCUT2D eigenvalue weighted by Gasteiger charge is -2.34. The van der Waals surface area contributed by atoms with Crippen molar-refractivity contribution in [2.45, 2.75) is 39.7 Å². The molecule has 0 saturated carbocycles. The van der Waals surface area contributed by atoms with Gasteiger partial charge in [0.05, 0.1) is 5.69 Å². The molecule has 1 aliphatic carbocycles. The van der Waals surface area contributed by atoms with Gasteiger partial charge in [0.15, 0.2) is 0 Å². The highest BCUT2D eigenvalue weighted by Crippen LogP contribution is 2.45. The van der Waals surface area contributed by atoms with Gasteiger partial charge < -0.3 is 5.32 Å². The molecule has 2 aromatic rings. The molecule has 0 saturated heterocycles. The molecule has 1 atom stereocenters. The van der Waals surface area contributed by atoms with E-state index in [0.29, 0.717) is 11.5 Å². The highest BCUT2D eigenvalue weighted by atomic mass is 79.9. The van der Waals surface area contributed by atoms with Crippen molar-refractivity contribution in [3.63, 3.8) is 0 Å². The van der Waals surface area contributed by atoms with Crippen molar-refractivity contribution in [1.29, 1.82) is 0 Å². The number of fused-ring (bicyclic) bond motifs is 1. The molecule has 1 heterocycles. The predicted octanol–water partition coefficient (Wildman–Crippen LogP) is 5.20. The van der Waals surface area contributed by atoms with E-state index in [0.717, 1.165) is 22.4 Å². The highest BCUT2D eigenvalue weighted by Gasteiger charge is 2.34. The summed E-state index contributed by atoms with van der Waals surface area (Å²) in [6.45, 7) is 7.87. The van der Waals surface area contributed by atoms with Crippen LogP contribution in [0.3, 0.4) is 0 Å². The van der Waals surface area contributed by atoms with Gasteiger partial charge in [-0.25, -0.2) is 4.98 Å². The summed E-state index contributed by atoms with van der Waals surface area (Å²) in [6.07, 6.45) is 2.26. The normalized spacial score (nSPS) is 20.3. The first kappa shape index (κ1) is 15.2. The van der Waals surface area contributed by atoms with Gasteiger partial charge in [0.2, 0.25) is 0 Å². The van der Waals surface area contributed by atoms with E-state index in [1.54, 1.807) is 0 Å². The number of aromatic nitrogens is 1. The zero-order valence-electron chi connectivity index (χ0n) is 12.7. The number of rotatable bonds is 3. The van der Waals surface area contributed by atoms with E-state index in [2.05, 4.69) is 60.2 Å². The van der Waals surface area contributed by atoms with Crippen molar-refractivity contribution in [2.75, 3.05) is 6.54 Å². The third-order valence-electron chi connectivity index (χ3n) is 4.00. The first-order valence-electron chi connectivity index (χ1n) is 7.48. The molecule has 0 bridgehead atoms. The Morgan fingerprint density at radius 3 is 2.86 bits per heavy atom. The molecule has 1 N–H and O–H groups in total. The third kappa shape index (κ3) is 3.08. The Balaban J connectivity index is 2.04. The Morgan fingerprint density at radius 1 is 1.38 bits per heavy atom. The van der Waals surface area contributed by atoms with Crippen LogP contribution < -0.4 is 5.32 Å². The lowest BCUT2D eigenvalue weighted by Crippen LogP contribution is -2.32. The van der Waals surface area contributed by atoms with Crippen LogP contribution in [0.5, 0.6) is 0 Å². The summed E-state index contributed by atoms with van der Waals surface area (Å²) in [4.78, 5) is 6.39. The van der Waals surface area contributed by atoms with Crippen molar-refractivity contribution < 1.29 is 0 Å². The number of benzene rings is 1. The van der Waals surface area contributed by atoms with Crippen LogP contribution >= 0.6 is 27.3 Å². The summed E-state index contributed by atoms with van der Waals surface area (Å²) in [5.74, 6) is 0. The monoisotopic (exact) mass is 364 g/mol. The van der Waals surface area contributed by atoms with Gasteiger partial charge in [0.25, 0.3) is 0 Å². The average molecular weight is 365 g/mol. The van der Waals surface area contributed by atoms with E-state index in [1.165, 1.54) is 22.6 Å². The van der Waals surface area contributed by atoms with Gasteiger partial charge in [-0.15, -0.1) is 11.3 Å². The first-order chi connectivity index (χ1) is 10.00. The lowest BCUT2D eigenvalue weighted by atomic mass is 9.76. The molecule has 3 rings (SSSR count). The minimum absolute atomic E-state index is 0.319. The second-order valence-electron chi connectivity index (χ2n) is 6.47. The molecule has 112 valence electrons. The lowest BCUT2D eigenvalue weighted by molar-refractivity contribution is 0.260. The van der Waals surface area contributed by atoms with Gasteiger partial charge in [0.1, 0.15) is 5.01 Å². The maximum atomic E-state index is 4.96. The van der Waals surface area contributed by atoms with Crippen molar-refractivity contribution in [1.82, 2.24) is 10.3 Å². The van der Waals surface area contributed by atoms with Gasteiger partial charge in [-0.3, -0.25) is 0 Å². The molecule has 21 heavy (non-hydrogen) atoms. The summed E-state index contributed by atoms with van der Waals surface area (Å²) in [5.41, 5.74) is 2.80. The fourth-order valence-electron chi connectivity index (χ4n) is 3.09. The van der Waals surface area contributed by atoms with Gasteiger partial charge in [-0.2, -0.15) is 0 Å². The van der Waals surface area contributed by atoms with E-state index >= 15 is 0 Å². The van der Waals surface area contributed by atoms with E-state index in [-0.39, 0.29) is 0 Å². The highest BCUT2D eigenvalue weighted by molar-refractivity contribution is 9.10. The van der Waals surface area contributed by atoms with Crippen LogP contribution in [0.25, 0.3) is 10.6 Å². The van der Waals surface area contributed by atoms with Gasteiger partial charge in [-0.1, -0.05) is 54.9 Å². The van der Waals surface area contributed by atoms with E-state index in [1.807, 2.05) is 17.4 Å². The minimum Gasteiger partial charge on any atom is -0.309 e. The quantitative estimate of drug-likeness (QED) is 0.809. The molecule has 2 nitrogen and oxygen atoms in total. The fourth-order valence-corrected chi connectivity index (χ4v) is 4.89. The first-order valence-corrected chi connectivity index (χ1v) is 9.09. The topological polar surface area (TPSA) is 24.9 Å². The molecule has 0 radical (unpaired) electrons. The predicted molar refractivity (Wildman–Crippen MR) is 93.8 cm³/mol. The maximum Gasteiger partial charge on any atom is 0.125 e. The summed E-state index contributed by atoms with van der Waals surface area (Å²) in [6, 6.07) is 8.80. The number of nitrogens with one attached hydrogen (secondary N) is 1.